The van der Waals surface area contributed by atoms with Crippen LogP contribution < -0.4 is 0 Å². The van der Waals surface area contributed by atoms with E-state index in [2.05, 4.69) is 13.2 Å². The number of Topliss-reactive ketones (excluding diaryl/α,β-unsaturated/α-hetero) is 2. The number of rotatable bonds is 6. The van der Waals surface area contributed by atoms with Crippen LogP contribution in [0, 0.1) is 17.3 Å². The van der Waals surface area contributed by atoms with Crippen LogP contribution in [0.3, 0.4) is 0 Å². The van der Waals surface area contributed by atoms with E-state index >= 15 is 0 Å². The summed E-state index contributed by atoms with van der Waals surface area (Å²) in [7, 11) is 0. The first-order valence-corrected chi connectivity index (χ1v) is 7.21. The quantitative estimate of drug-likeness (QED) is 0.679. The number of hydrogen-bond acceptors (Lipinski definition) is 2. The lowest BCUT2D eigenvalue weighted by atomic mass is 9.69. The van der Waals surface area contributed by atoms with Crippen molar-refractivity contribution >= 4 is 11.6 Å². The second-order valence-electron chi connectivity index (χ2n) is 6.69. The van der Waals surface area contributed by atoms with Gasteiger partial charge in [0.15, 0.2) is 11.6 Å². The summed E-state index contributed by atoms with van der Waals surface area (Å²) in [5.41, 5.74) is 1.37. The monoisotopic (exact) mass is 260 g/mol. The number of allylic oxidation sites excluding steroid dienone is 2. The minimum absolute atomic E-state index is 0.0752. The normalized spacial score (nSPS) is 32.3. The summed E-state index contributed by atoms with van der Waals surface area (Å²) in [6.45, 7) is 11.1. The van der Waals surface area contributed by atoms with Crippen molar-refractivity contribution in [1.29, 1.82) is 0 Å². The summed E-state index contributed by atoms with van der Waals surface area (Å²) in [4.78, 5) is 24.0. The van der Waals surface area contributed by atoms with Gasteiger partial charge in [-0.05, 0) is 67.9 Å². The Morgan fingerprint density at radius 2 is 1.79 bits per heavy atom. The third-order valence-corrected chi connectivity index (χ3v) is 5.13. The molecule has 0 N–H and O–H groups in total. The fourth-order valence-electron chi connectivity index (χ4n) is 3.97. The molecule has 19 heavy (non-hydrogen) atoms. The fraction of sp³-hybridized carbons (Fsp3) is 0.647. The van der Waals surface area contributed by atoms with E-state index in [1.807, 2.05) is 0 Å². The van der Waals surface area contributed by atoms with Gasteiger partial charge in [-0.3, -0.25) is 9.59 Å². The molecule has 0 heterocycles. The molecular weight excluding hydrogens is 236 g/mol. The van der Waals surface area contributed by atoms with Gasteiger partial charge in [-0.2, -0.15) is 0 Å². The Morgan fingerprint density at radius 3 is 2.32 bits per heavy atom. The molecule has 2 nitrogen and oxygen atoms in total. The van der Waals surface area contributed by atoms with Crippen LogP contribution in [0.5, 0.6) is 0 Å². The molecule has 104 valence electrons. The highest BCUT2D eigenvalue weighted by atomic mass is 16.1. The van der Waals surface area contributed by atoms with E-state index in [9.17, 15) is 9.59 Å². The Labute approximate surface area is 116 Å². The molecular formula is C17H24O2. The highest BCUT2D eigenvalue weighted by Gasteiger charge is 2.52. The molecule has 0 aliphatic heterocycles. The molecule has 2 saturated carbocycles. The topological polar surface area (TPSA) is 34.1 Å². The van der Waals surface area contributed by atoms with Crippen LogP contribution in [0.1, 0.15) is 52.4 Å². The first-order chi connectivity index (χ1) is 8.84. The van der Waals surface area contributed by atoms with E-state index in [0.29, 0.717) is 29.9 Å². The van der Waals surface area contributed by atoms with Crippen LogP contribution in [-0.4, -0.2) is 11.6 Å². The lowest BCUT2D eigenvalue weighted by molar-refractivity contribution is -0.121. The van der Waals surface area contributed by atoms with Crippen molar-refractivity contribution in [3.05, 3.63) is 24.3 Å². The van der Waals surface area contributed by atoms with Gasteiger partial charge in [0, 0.05) is 12.8 Å². The Kier molecular flexibility index (Phi) is 3.80. The lowest BCUT2D eigenvalue weighted by Crippen LogP contribution is -2.30. The minimum atomic E-state index is 0.0752. The number of carbonyl (C=O) groups excluding carboxylic acids is 2. The third kappa shape index (κ3) is 2.72. The van der Waals surface area contributed by atoms with Crippen molar-refractivity contribution < 1.29 is 9.59 Å². The van der Waals surface area contributed by atoms with Crippen molar-refractivity contribution in [3.63, 3.8) is 0 Å². The molecule has 2 fully saturated rings. The Morgan fingerprint density at radius 1 is 1.16 bits per heavy atom. The van der Waals surface area contributed by atoms with Crippen molar-refractivity contribution in [2.45, 2.75) is 52.4 Å². The van der Waals surface area contributed by atoms with Gasteiger partial charge >= 0.3 is 0 Å². The number of fused-ring (bicyclic) bond motifs is 2. The molecule has 2 rings (SSSR count). The van der Waals surface area contributed by atoms with Crippen molar-refractivity contribution in [1.82, 2.24) is 0 Å². The first-order valence-electron chi connectivity index (χ1n) is 7.21. The van der Waals surface area contributed by atoms with E-state index in [0.717, 1.165) is 25.2 Å². The lowest BCUT2D eigenvalue weighted by Gasteiger charge is -2.34. The van der Waals surface area contributed by atoms with E-state index < -0.39 is 0 Å². The SMILES string of the molecule is C=C(C)C(=O)CC1CC2CCC1(CC(=O)C(=C)C)C2. The van der Waals surface area contributed by atoms with Gasteiger partial charge in [-0.1, -0.05) is 13.2 Å². The Bertz CT molecular complexity index is 446. The molecule has 2 bridgehead atoms. The maximum Gasteiger partial charge on any atom is 0.158 e. The molecule has 0 aromatic carbocycles. The van der Waals surface area contributed by atoms with Crippen LogP contribution in [0.25, 0.3) is 0 Å². The molecule has 0 amide bonds. The van der Waals surface area contributed by atoms with Crippen LogP contribution in [-0.2, 0) is 9.59 Å². The number of ketones is 2. The van der Waals surface area contributed by atoms with E-state index in [4.69, 9.17) is 0 Å². The largest absolute Gasteiger partial charge is 0.295 e. The van der Waals surface area contributed by atoms with Gasteiger partial charge in [0.2, 0.25) is 0 Å². The van der Waals surface area contributed by atoms with Gasteiger partial charge in [0.05, 0.1) is 0 Å². The maximum atomic E-state index is 12.0. The molecule has 3 atom stereocenters. The molecule has 0 aromatic heterocycles. The van der Waals surface area contributed by atoms with E-state index in [1.54, 1.807) is 13.8 Å². The standard InChI is InChI=1S/C17H24O2/c1-11(2)15(18)8-14-7-13-5-6-17(14,9-13)10-16(19)12(3)4/h13-14H,1,3,5-10H2,2,4H3. The summed E-state index contributed by atoms with van der Waals surface area (Å²) in [6.07, 6.45) is 5.73. The molecule has 2 aliphatic carbocycles. The molecule has 2 heteroatoms. The van der Waals surface area contributed by atoms with Gasteiger partial charge in [0.25, 0.3) is 0 Å². The molecule has 3 unspecified atom stereocenters. The van der Waals surface area contributed by atoms with Crippen molar-refractivity contribution in [3.8, 4) is 0 Å². The first kappa shape index (κ1) is 14.2. The summed E-state index contributed by atoms with van der Waals surface area (Å²) in [5.74, 6) is 1.44. The Balaban J connectivity index is 2.11. The highest BCUT2D eigenvalue weighted by Crippen LogP contribution is 2.60. The van der Waals surface area contributed by atoms with Crippen molar-refractivity contribution in [2.24, 2.45) is 17.3 Å². The predicted octanol–water partition coefficient (Wildman–Crippen LogP) is 3.86. The number of carbonyl (C=O) groups is 2. The van der Waals surface area contributed by atoms with Crippen LogP contribution >= 0.6 is 0 Å². The smallest absolute Gasteiger partial charge is 0.158 e. The van der Waals surface area contributed by atoms with Crippen LogP contribution in [0.15, 0.2) is 24.3 Å². The molecule has 2 aliphatic rings. The molecule has 0 radical (unpaired) electrons. The number of hydrogen-bond donors (Lipinski definition) is 0. The van der Waals surface area contributed by atoms with Crippen molar-refractivity contribution in [2.75, 3.05) is 0 Å². The van der Waals surface area contributed by atoms with E-state index in [-0.39, 0.29) is 17.0 Å². The molecule has 0 saturated heterocycles. The zero-order valence-corrected chi connectivity index (χ0v) is 12.1. The molecule has 0 spiro atoms. The summed E-state index contributed by atoms with van der Waals surface area (Å²) >= 11 is 0. The van der Waals surface area contributed by atoms with Gasteiger partial charge in [-0.15, -0.1) is 0 Å². The average Bonchev–Trinajstić information content (AvgIpc) is 2.85. The maximum absolute atomic E-state index is 12.0. The zero-order valence-electron chi connectivity index (χ0n) is 12.1. The fourth-order valence-corrected chi connectivity index (χ4v) is 3.97. The van der Waals surface area contributed by atoms with Crippen LogP contribution in [0.2, 0.25) is 0 Å². The van der Waals surface area contributed by atoms with Gasteiger partial charge in [-0.25, -0.2) is 0 Å². The highest BCUT2D eigenvalue weighted by molar-refractivity contribution is 5.95. The summed E-state index contributed by atoms with van der Waals surface area (Å²) in [5, 5.41) is 0. The van der Waals surface area contributed by atoms with Gasteiger partial charge in [0.1, 0.15) is 0 Å². The van der Waals surface area contributed by atoms with E-state index in [1.165, 1.54) is 6.42 Å². The summed E-state index contributed by atoms with van der Waals surface area (Å²) < 4.78 is 0. The second kappa shape index (κ2) is 5.07. The summed E-state index contributed by atoms with van der Waals surface area (Å²) in [6, 6.07) is 0. The molecule has 0 aromatic rings. The van der Waals surface area contributed by atoms with Crippen LogP contribution in [0.4, 0.5) is 0 Å². The predicted molar refractivity (Wildman–Crippen MR) is 76.8 cm³/mol. The third-order valence-electron chi connectivity index (χ3n) is 5.13. The average molecular weight is 260 g/mol. The second-order valence-corrected chi connectivity index (χ2v) is 6.69. The van der Waals surface area contributed by atoms with Gasteiger partial charge < -0.3 is 0 Å². The Hall–Kier alpha value is -1.18. The minimum Gasteiger partial charge on any atom is -0.295 e. The zero-order chi connectivity index (χ0) is 14.2.